The highest BCUT2D eigenvalue weighted by molar-refractivity contribution is 5.80. The summed E-state index contributed by atoms with van der Waals surface area (Å²) < 4.78 is 0. The van der Waals surface area contributed by atoms with Crippen LogP contribution in [-0.2, 0) is 16.1 Å². The minimum absolute atomic E-state index is 0.0834. The molecule has 3 aliphatic rings. The lowest BCUT2D eigenvalue weighted by atomic mass is 9.98. The predicted molar refractivity (Wildman–Crippen MR) is 98.1 cm³/mol. The second kappa shape index (κ2) is 7.74. The fourth-order valence-electron chi connectivity index (χ4n) is 4.37. The van der Waals surface area contributed by atoms with Gasteiger partial charge in [0.1, 0.15) is 0 Å². The van der Waals surface area contributed by atoms with E-state index >= 15 is 0 Å². The Balaban J connectivity index is 1.29. The molecular formula is C20H28N4O2. The van der Waals surface area contributed by atoms with E-state index in [1.807, 2.05) is 23.2 Å². The molecule has 2 atom stereocenters. The largest absolute Gasteiger partial charge is 0.352 e. The van der Waals surface area contributed by atoms with Crippen LogP contribution in [0.2, 0.25) is 0 Å². The summed E-state index contributed by atoms with van der Waals surface area (Å²) in [6, 6.07) is 6.25. The van der Waals surface area contributed by atoms with Crippen molar-refractivity contribution >= 4 is 11.8 Å². The first-order valence-electron chi connectivity index (χ1n) is 9.88. The first-order chi connectivity index (χ1) is 12.7. The van der Waals surface area contributed by atoms with Crippen LogP contribution in [0.25, 0.3) is 0 Å². The van der Waals surface area contributed by atoms with Crippen molar-refractivity contribution < 1.29 is 9.59 Å². The van der Waals surface area contributed by atoms with Crippen LogP contribution in [0.15, 0.2) is 24.4 Å². The smallest absolute Gasteiger partial charge is 0.222 e. The molecule has 1 aromatic rings. The molecule has 3 fully saturated rings. The number of pyridine rings is 1. The molecule has 140 valence electrons. The van der Waals surface area contributed by atoms with Gasteiger partial charge in [0.25, 0.3) is 0 Å². The number of carbonyl (C=O) groups is 2. The van der Waals surface area contributed by atoms with Crippen LogP contribution in [0.3, 0.4) is 0 Å². The molecule has 1 N–H and O–H groups in total. The molecule has 3 heterocycles. The Bertz CT molecular complexity index is 646. The fraction of sp³-hybridized carbons (Fsp3) is 0.650. The highest BCUT2D eigenvalue weighted by atomic mass is 16.2. The summed E-state index contributed by atoms with van der Waals surface area (Å²) in [7, 11) is 0. The molecule has 1 aromatic heterocycles. The Labute approximate surface area is 155 Å². The highest BCUT2D eigenvalue weighted by Gasteiger charge is 2.43. The van der Waals surface area contributed by atoms with E-state index in [-0.39, 0.29) is 17.9 Å². The van der Waals surface area contributed by atoms with Gasteiger partial charge >= 0.3 is 0 Å². The van der Waals surface area contributed by atoms with E-state index in [9.17, 15) is 9.59 Å². The molecule has 0 aromatic carbocycles. The summed E-state index contributed by atoms with van der Waals surface area (Å²) in [6.07, 6.45) is 6.39. The standard InChI is InChI=1S/C20H28N4O2/c25-19(8-11-24-10-3-5-20(24)26)22-18-14-23(13-17(18)15-6-7-15)12-16-4-1-2-9-21-16/h1-2,4,9,15,17-18H,3,5-8,10-14H2,(H,22,25). The molecule has 6 heteroatoms. The van der Waals surface area contributed by atoms with Gasteiger partial charge in [-0.1, -0.05) is 6.07 Å². The third-order valence-corrected chi connectivity index (χ3v) is 5.91. The van der Waals surface area contributed by atoms with Gasteiger partial charge < -0.3 is 10.2 Å². The number of amides is 2. The van der Waals surface area contributed by atoms with Crippen molar-refractivity contribution in [1.82, 2.24) is 20.1 Å². The van der Waals surface area contributed by atoms with Crippen LogP contribution >= 0.6 is 0 Å². The van der Waals surface area contributed by atoms with Gasteiger partial charge in [0.05, 0.1) is 5.69 Å². The normalized spacial score (nSPS) is 26.5. The quantitative estimate of drug-likeness (QED) is 0.802. The minimum atomic E-state index is 0.0834. The Morgan fingerprint density at radius 3 is 2.85 bits per heavy atom. The molecule has 1 saturated carbocycles. The zero-order valence-corrected chi connectivity index (χ0v) is 15.3. The van der Waals surface area contributed by atoms with E-state index in [1.54, 1.807) is 0 Å². The molecule has 2 unspecified atom stereocenters. The third kappa shape index (κ3) is 4.23. The minimum Gasteiger partial charge on any atom is -0.352 e. The number of carbonyl (C=O) groups excluding carboxylic acids is 2. The Hall–Kier alpha value is -1.95. The SMILES string of the molecule is O=C(CCN1CCCC1=O)NC1CN(Cc2ccccn2)CC1C1CC1. The average Bonchev–Trinajstić information content (AvgIpc) is 3.29. The van der Waals surface area contributed by atoms with Gasteiger partial charge in [-0.05, 0) is 43.2 Å². The van der Waals surface area contributed by atoms with Gasteiger partial charge in [-0.2, -0.15) is 0 Å². The zero-order valence-electron chi connectivity index (χ0n) is 15.3. The second-order valence-electron chi connectivity index (χ2n) is 7.92. The Morgan fingerprint density at radius 2 is 2.15 bits per heavy atom. The summed E-state index contributed by atoms with van der Waals surface area (Å²) in [4.78, 5) is 32.8. The third-order valence-electron chi connectivity index (χ3n) is 5.91. The molecule has 0 spiro atoms. The lowest BCUT2D eigenvalue weighted by Gasteiger charge is -2.21. The molecule has 26 heavy (non-hydrogen) atoms. The summed E-state index contributed by atoms with van der Waals surface area (Å²) in [5.74, 6) is 1.58. The molecule has 6 nitrogen and oxygen atoms in total. The lowest BCUT2D eigenvalue weighted by Crippen LogP contribution is -2.42. The van der Waals surface area contributed by atoms with Crippen molar-refractivity contribution in [2.45, 2.75) is 44.7 Å². The molecule has 0 bridgehead atoms. The van der Waals surface area contributed by atoms with E-state index in [0.29, 0.717) is 25.3 Å². The summed E-state index contributed by atoms with van der Waals surface area (Å²) in [6.45, 7) is 4.14. The zero-order chi connectivity index (χ0) is 17.9. The lowest BCUT2D eigenvalue weighted by molar-refractivity contribution is -0.128. The number of nitrogens with zero attached hydrogens (tertiary/aromatic N) is 3. The topological polar surface area (TPSA) is 65.5 Å². The first kappa shape index (κ1) is 17.5. The molecule has 0 radical (unpaired) electrons. The molecule has 1 aliphatic carbocycles. The van der Waals surface area contributed by atoms with E-state index in [1.165, 1.54) is 12.8 Å². The van der Waals surface area contributed by atoms with E-state index in [0.717, 1.165) is 44.2 Å². The highest BCUT2D eigenvalue weighted by Crippen LogP contribution is 2.41. The number of likely N-dealkylation sites (tertiary alicyclic amines) is 2. The average molecular weight is 356 g/mol. The number of rotatable bonds is 7. The van der Waals surface area contributed by atoms with Crippen LogP contribution in [-0.4, -0.2) is 58.8 Å². The van der Waals surface area contributed by atoms with Crippen molar-refractivity contribution in [3.63, 3.8) is 0 Å². The number of aromatic nitrogens is 1. The fourth-order valence-corrected chi connectivity index (χ4v) is 4.37. The van der Waals surface area contributed by atoms with Gasteiger partial charge in [-0.15, -0.1) is 0 Å². The van der Waals surface area contributed by atoms with Crippen LogP contribution < -0.4 is 5.32 Å². The van der Waals surface area contributed by atoms with Gasteiger partial charge in [0.2, 0.25) is 11.8 Å². The Kier molecular flexibility index (Phi) is 5.20. The number of nitrogens with one attached hydrogen (secondary N) is 1. The van der Waals surface area contributed by atoms with Crippen LogP contribution in [0.4, 0.5) is 0 Å². The van der Waals surface area contributed by atoms with Crippen molar-refractivity contribution in [3.8, 4) is 0 Å². The van der Waals surface area contributed by atoms with Crippen molar-refractivity contribution in [3.05, 3.63) is 30.1 Å². The summed E-state index contributed by atoms with van der Waals surface area (Å²) >= 11 is 0. The number of hydrogen-bond donors (Lipinski definition) is 1. The predicted octanol–water partition coefficient (Wildman–Crippen LogP) is 1.42. The number of hydrogen-bond acceptors (Lipinski definition) is 4. The van der Waals surface area contributed by atoms with Crippen molar-refractivity contribution in [2.75, 3.05) is 26.2 Å². The van der Waals surface area contributed by atoms with Gasteiger partial charge in [-0.25, -0.2) is 0 Å². The van der Waals surface area contributed by atoms with Crippen molar-refractivity contribution in [1.29, 1.82) is 0 Å². The van der Waals surface area contributed by atoms with Gasteiger partial charge in [0.15, 0.2) is 0 Å². The maximum absolute atomic E-state index is 12.4. The summed E-state index contributed by atoms with van der Waals surface area (Å²) in [5.41, 5.74) is 1.08. The van der Waals surface area contributed by atoms with Crippen molar-refractivity contribution in [2.24, 2.45) is 11.8 Å². The monoisotopic (exact) mass is 356 g/mol. The molecule has 2 amide bonds. The molecular weight excluding hydrogens is 328 g/mol. The van der Waals surface area contributed by atoms with Crippen LogP contribution in [0.5, 0.6) is 0 Å². The van der Waals surface area contributed by atoms with Crippen LogP contribution in [0.1, 0.15) is 37.8 Å². The van der Waals surface area contributed by atoms with Crippen LogP contribution in [0, 0.1) is 11.8 Å². The Morgan fingerprint density at radius 1 is 1.27 bits per heavy atom. The second-order valence-corrected chi connectivity index (χ2v) is 7.92. The maximum Gasteiger partial charge on any atom is 0.222 e. The van der Waals surface area contributed by atoms with Gasteiger partial charge in [-0.3, -0.25) is 19.5 Å². The summed E-state index contributed by atoms with van der Waals surface area (Å²) in [5, 5.41) is 3.27. The van der Waals surface area contributed by atoms with E-state index < -0.39 is 0 Å². The molecule has 4 rings (SSSR count). The van der Waals surface area contributed by atoms with E-state index in [4.69, 9.17) is 0 Å². The molecule has 2 saturated heterocycles. The molecule has 2 aliphatic heterocycles. The van der Waals surface area contributed by atoms with E-state index in [2.05, 4.69) is 21.3 Å². The van der Waals surface area contributed by atoms with Gasteiger partial charge in [0, 0.05) is 57.8 Å². The maximum atomic E-state index is 12.4. The first-order valence-corrected chi connectivity index (χ1v) is 9.88.